The number of carbonyl (C=O) groups is 2. The van der Waals surface area contributed by atoms with Crippen molar-refractivity contribution in [3.05, 3.63) is 0 Å². The molecular formula is C12H20N4O3. The molecular weight excluding hydrogens is 248 g/mol. The zero-order valence-electron chi connectivity index (χ0n) is 11.3. The number of ether oxygens (including phenoxy) is 1. The topological polar surface area (TPSA) is 83.0 Å². The van der Waals surface area contributed by atoms with Crippen LogP contribution in [-0.2, 0) is 4.74 Å². The van der Waals surface area contributed by atoms with Crippen LogP contribution in [0.4, 0.5) is 9.59 Å². The zero-order valence-corrected chi connectivity index (χ0v) is 11.3. The fourth-order valence-electron chi connectivity index (χ4n) is 1.61. The third kappa shape index (κ3) is 4.42. The van der Waals surface area contributed by atoms with E-state index < -0.39 is 12.1 Å². The summed E-state index contributed by atoms with van der Waals surface area (Å²) in [6, 6.07) is -0.597. The van der Waals surface area contributed by atoms with Gasteiger partial charge in [0.05, 0.1) is 7.11 Å². The second kappa shape index (κ2) is 5.90. The minimum Gasteiger partial charge on any atom is -0.468 e. The predicted octanol–water partition coefficient (Wildman–Crippen LogP) is 0.912. The first-order chi connectivity index (χ1) is 9.10. The molecule has 2 fully saturated rings. The van der Waals surface area contributed by atoms with Gasteiger partial charge in [0.1, 0.15) is 0 Å². The van der Waals surface area contributed by atoms with E-state index in [2.05, 4.69) is 15.6 Å². The Kier molecular flexibility index (Phi) is 4.24. The lowest BCUT2D eigenvalue weighted by Crippen LogP contribution is -2.42. The number of carbonyl (C=O) groups excluding carboxylic acids is 2. The van der Waals surface area contributed by atoms with E-state index >= 15 is 0 Å². The average molecular weight is 268 g/mol. The summed E-state index contributed by atoms with van der Waals surface area (Å²) in [7, 11) is 3.06. The van der Waals surface area contributed by atoms with Gasteiger partial charge in [0, 0.05) is 19.6 Å². The van der Waals surface area contributed by atoms with Crippen LogP contribution in [0.5, 0.6) is 0 Å². The molecule has 2 aliphatic carbocycles. The van der Waals surface area contributed by atoms with Gasteiger partial charge >= 0.3 is 18.1 Å². The highest BCUT2D eigenvalue weighted by Gasteiger charge is 2.30. The number of amides is 4. The third-order valence-corrected chi connectivity index (χ3v) is 3.26. The van der Waals surface area contributed by atoms with Crippen LogP contribution in [-0.4, -0.2) is 49.7 Å². The monoisotopic (exact) mass is 268 g/mol. The van der Waals surface area contributed by atoms with Crippen molar-refractivity contribution in [3.63, 3.8) is 0 Å². The van der Waals surface area contributed by atoms with E-state index in [1.165, 1.54) is 7.11 Å². The summed E-state index contributed by atoms with van der Waals surface area (Å²) in [4.78, 5) is 28.6. The fourth-order valence-corrected chi connectivity index (χ4v) is 1.61. The van der Waals surface area contributed by atoms with Crippen LogP contribution in [0.15, 0.2) is 4.99 Å². The first-order valence-electron chi connectivity index (χ1n) is 6.54. The molecule has 7 nitrogen and oxygen atoms in total. The van der Waals surface area contributed by atoms with Crippen LogP contribution in [0.3, 0.4) is 0 Å². The quantitative estimate of drug-likeness (QED) is 0.589. The first kappa shape index (κ1) is 13.6. The summed E-state index contributed by atoms with van der Waals surface area (Å²) >= 11 is 0. The molecule has 4 amide bonds. The summed E-state index contributed by atoms with van der Waals surface area (Å²) < 4.78 is 4.89. The Morgan fingerprint density at radius 1 is 1.32 bits per heavy atom. The molecule has 2 rings (SSSR count). The fraction of sp³-hybridized carbons (Fsp3) is 0.750. The Morgan fingerprint density at radius 3 is 2.53 bits per heavy atom. The highest BCUT2D eigenvalue weighted by Crippen LogP contribution is 2.27. The van der Waals surface area contributed by atoms with Gasteiger partial charge in [-0.05, 0) is 31.6 Å². The number of aliphatic imine (C=N–C) groups is 1. The number of nitrogens with zero attached hydrogens (tertiary/aromatic N) is 2. The molecule has 2 N–H and O–H groups in total. The molecule has 0 aromatic heterocycles. The lowest BCUT2D eigenvalue weighted by molar-refractivity contribution is 0.215. The van der Waals surface area contributed by atoms with E-state index in [1.807, 2.05) is 0 Å². The van der Waals surface area contributed by atoms with Crippen LogP contribution in [0.2, 0.25) is 0 Å². The smallest absolute Gasteiger partial charge is 0.348 e. The molecule has 0 heterocycles. The molecule has 0 aliphatic heterocycles. The normalized spacial score (nSPS) is 18.7. The first-order valence-corrected chi connectivity index (χ1v) is 6.54. The summed E-state index contributed by atoms with van der Waals surface area (Å²) in [6.07, 6.45) is 4.34. The molecule has 2 saturated carbocycles. The van der Waals surface area contributed by atoms with Crippen LogP contribution in [0, 0.1) is 5.92 Å². The van der Waals surface area contributed by atoms with Crippen LogP contribution >= 0.6 is 0 Å². The summed E-state index contributed by atoms with van der Waals surface area (Å²) in [6.45, 7) is 0.652. The van der Waals surface area contributed by atoms with Crippen molar-refractivity contribution in [2.75, 3.05) is 20.7 Å². The molecule has 19 heavy (non-hydrogen) atoms. The Bertz CT molecular complexity index is 388. The minimum atomic E-state index is -0.401. The molecule has 2 aliphatic rings. The number of rotatable bonds is 3. The SMILES string of the molecule is COC(=NC(=O)N(C)C1CC1)NC(=O)NCC1CC1. The second-order valence-electron chi connectivity index (χ2n) is 5.02. The van der Waals surface area contributed by atoms with Gasteiger partial charge in [-0.25, -0.2) is 9.59 Å². The van der Waals surface area contributed by atoms with Crippen molar-refractivity contribution in [3.8, 4) is 0 Å². The Labute approximate surface area is 112 Å². The molecule has 0 unspecified atom stereocenters. The molecule has 0 aromatic carbocycles. The van der Waals surface area contributed by atoms with Crippen molar-refractivity contribution in [1.82, 2.24) is 15.5 Å². The number of nitrogens with one attached hydrogen (secondary N) is 2. The van der Waals surface area contributed by atoms with Crippen molar-refractivity contribution >= 4 is 18.1 Å². The lowest BCUT2D eigenvalue weighted by Gasteiger charge is -2.13. The molecule has 0 radical (unpaired) electrons. The van der Waals surface area contributed by atoms with E-state index in [4.69, 9.17) is 4.74 Å². The van der Waals surface area contributed by atoms with Gasteiger partial charge in [-0.1, -0.05) is 0 Å². The number of amidine groups is 1. The largest absolute Gasteiger partial charge is 0.468 e. The summed E-state index contributed by atoms with van der Waals surface area (Å²) in [5.74, 6) is 0.594. The molecule has 106 valence electrons. The van der Waals surface area contributed by atoms with Gasteiger partial charge in [-0.2, -0.15) is 0 Å². The number of hydrogen-bond acceptors (Lipinski definition) is 3. The maximum atomic E-state index is 11.7. The van der Waals surface area contributed by atoms with Crippen molar-refractivity contribution in [1.29, 1.82) is 0 Å². The maximum absolute atomic E-state index is 11.7. The summed E-state index contributed by atoms with van der Waals surface area (Å²) in [5.41, 5.74) is 0. The van der Waals surface area contributed by atoms with Gasteiger partial charge < -0.3 is 15.0 Å². The van der Waals surface area contributed by atoms with Gasteiger partial charge in [0.15, 0.2) is 0 Å². The molecule has 0 saturated heterocycles. The standard InChI is InChI=1S/C12H20N4O3/c1-16(9-5-6-9)12(18)15-11(19-2)14-10(17)13-7-8-3-4-8/h8-9H,3-7H2,1-2H3,(H2,13,14,15,17,18). The van der Waals surface area contributed by atoms with Gasteiger partial charge in [0.25, 0.3) is 0 Å². The van der Waals surface area contributed by atoms with E-state index in [0.717, 1.165) is 25.7 Å². The molecule has 0 aromatic rings. The highest BCUT2D eigenvalue weighted by atomic mass is 16.5. The van der Waals surface area contributed by atoms with Gasteiger partial charge in [-0.15, -0.1) is 4.99 Å². The van der Waals surface area contributed by atoms with Crippen LogP contribution in [0.1, 0.15) is 25.7 Å². The molecule has 0 atom stereocenters. The van der Waals surface area contributed by atoms with Gasteiger partial charge in [0.2, 0.25) is 0 Å². The van der Waals surface area contributed by atoms with E-state index in [1.54, 1.807) is 11.9 Å². The Balaban J connectivity index is 1.79. The van der Waals surface area contributed by atoms with Gasteiger partial charge in [-0.3, -0.25) is 5.32 Å². The number of urea groups is 2. The summed E-state index contributed by atoms with van der Waals surface area (Å²) in [5, 5.41) is 5.14. The maximum Gasteiger partial charge on any atom is 0.348 e. The van der Waals surface area contributed by atoms with Crippen LogP contribution in [0.25, 0.3) is 0 Å². The third-order valence-electron chi connectivity index (χ3n) is 3.26. The highest BCUT2D eigenvalue weighted by molar-refractivity contribution is 5.98. The molecule has 0 bridgehead atoms. The predicted molar refractivity (Wildman–Crippen MR) is 69.9 cm³/mol. The van der Waals surface area contributed by atoms with E-state index in [0.29, 0.717) is 12.5 Å². The van der Waals surface area contributed by atoms with Crippen molar-refractivity contribution in [2.45, 2.75) is 31.7 Å². The molecule has 0 spiro atoms. The zero-order chi connectivity index (χ0) is 13.8. The van der Waals surface area contributed by atoms with E-state index in [-0.39, 0.29) is 12.1 Å². The second-order valence-corrected chi connectivity index (χ2v) is 5.02. The van der Waals surface area contributed by atoms with Crippen molar-refractivity contribution in [2.24, 2.45) is 10.9 Å². The Morgan fingerprint density at radius 2 is 2.00 bits per heavy atom. The number of methoxy groups -OCH3 is 1. The minimum absolute atomic E-state index is 0.0780. The van der Waals surface area contributed by atoms with Crippen LogP contribution < -0.4 is 10.6 Å². The van der Waals surface area contributed by atoms with E-state index in [9.17, 15) is 9.59 Å². The lowest BCUT2D eigenvalue weighted by atomic mass is 10.4. The Hall–Kier alpha value is -1.79. The van der Waals surface area contributed by atoms with Crippen molar-refractivity contribution < 1.29 is 14.3 Å². The number of hydrogen-bond donors (Lipinski definition) is 2. The molecule has 7 heteroatoms. The average Bonchev–Trinajstić information content (AvgIpc) is 3.28.